The molecule has 2 heterocycles. The minimum Gasteiger partial charge on any atom is -0.355 e. The number of hydrogen-bond acceptors (Lipinski definition) is 5. The van der Waals surface area contributed by atoms with Gasteiger partial charge in [-0.15, -0.1) is 0 Å². The summed E-state index contributed by atoms with van der Waals surface area (Å²) >= 11 is 5.36. The maximum atomic E-state index is 13.0. The quantitative estimate of drug-likeness (QED) is 0.644. The molecule has 1 amide bonds. The lowest BCUT2D eigenvalue weighted by Crippen LogP contribution is -2.49. The van der Waals surface area contributed by atoms with Crippen molar-refractivity contribution in [2.75, 3.05) is 39.3 Å². The van der Waals surface area contributed by atoms with Gasteiger partial charge in [-0.25, -0.2) is 9.07 Å². The number of aromatic amines is 1. The van der Waals surface area contributed by atoms with Crippen LogP contribution in [0.3, 0.4) is 0 Å². The van der Waals surface area contributed by atoms with E-state index in [2.05, 4.69) is 25.2 Å². The molecule has 0 bridgehead atoms. The Balaban J connectivity index is 1.49. The third kappa shape index (κ3) is 6.59. The van der Waals surface area contributed by atoms with Crippen LogP contribution in [0.5, 0.6) is 0 Å². The fraction of sp³-hybridized carbons (Fsp3) is 0.450. The van der Waals surface area contributed by atoms with Crippen molar-refractivity contribution in [3.8, 4) is 0 Å². The van der Waals surface area contributed by atoms with Crippen molar-refractivity contribution in [2.45, 2.75) is 20.0 Å². The first-order valence-electron chi connectivity index (χ1n) is 9.85. The van der Waals surface area contributed by atoms with Crippen LogP contribution in [0.15, 0.2) is 24.3 Å². The third-order valence-electron chi connectivity index (χ3n) is 4.75. The number of piperazine rings is 1. The molecule has 7 nitrogen and oxygen atoms in total. The second-order valence-corrected chi connectivity index (χ2v) is 7.46. The van der Waals surface area contributed by atoms with Crippen LogP contribution in [0.2, 0.25) is 0 Å². The summed E-state index contributed by atoms with van der Waals surface area (Å²) in [7, 11) is 0. The molecule has 1 aliphatic heterocycles. The number of carbonyl (C=O) groups excluding carboxylic acids is 1. The molecule has 156 valence electrons. The lowest BCUT2D eigenvalue weighted by molar-refractivity contribution is -0.122. The highest BCUT2D eigenvalue weighted by molar-refractivity contribution is 7.71. The zero-order valence-electron chi connectivity index (χ0n) is 16.6. The number of nitrogens with zero attached hydrogens (tertiary/aromatic N) is 4. The molecule has 0 aliphatic carbocycles. The van der Waals surface area contributed by atoms with Crippen molar-refractivity contribution in [1.82, 2.24) is 29.9 Å². The van der Waals surface area contributed by atoms with E-state index in [1.165, 1.54) is 12.1 Å². The van der Waals surface area contributed by atoms with E-state index in [0.29, 0.717) is 23.8 Å². The number of rotatable bonds is 8. The predicted octanol–water partition coefficient (Wildman–Crippen LogP) is 2.35. The highest BCUT2D eigenvalue weighted by atomic mass is 32.1. The van der Waals surface area contributed by atoms with Crippen LogP contribution in [-0.2, 0) is 11.5 Å². The van der Waals surface area contributed by atoms with E-state index in [1.807, 2.05) is 23.8 Å². The van der Waals surface area contributed by atoms with Gasteiger partial charge in [-0.3, -0.25) is 19.7 Å². The number of amides is 1. The number of benzene rings is 1. The predicted molar refractivity (Wildman–Crippen MR) is 114 cm³/mol. The average molecular weight is 419 g/mol. The van der Waals surface area contributed by atoms with Crippen molar-refractivity contribution in [1.29, 1.82) is 0 Å². The van der Waals surface area contributed by atoms with Crippen LogP contribution in [0.1, 0.15) is 24.7 Å². The van der Waals surface area contributed by atoms with E-state index in [0.717, 1.165) is 44.7 Å². The second-order valence-electron chi connectivity index (χ2n) is 7.09. The SMILES string of the molecule is CCCNC(=O)CN1CCN(Cn2[nH]c(/C=C/c3ccc(F)cc3)nc2=S)CC1. The first kappa shape index (κ1) is 21.4. The van der Waals surface area contributed by atoms with Gasteiger partial charge in [-0.1, -0.05) is 25.1 Å². The van der Waals surface area contributed by atoms with Gasteiger partial charge in [0.05, 0.1) is 13.2 Å². The first-order chi connectivity index (χ1) is 14.0. The number of halogens is 1. The molecule has 2 N–H and O–H groups in total. The molecule has 1 aromatic carbocycles. The van der Waals surface area contributed by atoms with Crippen molar-refractivity contribution >= 4 is 30.3 Å². The Morgan fingerprint density at radius 1 is 1.21 bits per heavy atom. The van der Waals surface area contributed by atoms with Gasteiger partial charge >= 0.3 is 0 Å². The number of carbonyl (C=O) groups is 1. The average Bonchev–Trinajstić information content (AvgIpc) is 3.07. The van der Waals surface area contributed by atoms with Crippen LogP contribution in [0.4, 0.5) is 4.39 Å². The summed E-state index contributed by atoms with van der Waals surface area (Å²) in [4.78, 5) is 20.7. The molecule has 0 unspecified atom stereocenters. The first-order valence-corrected chi connectivity index (χ1v) is 10.3. The van der Waals surface area contributed by atoms with Crippen LogP contribution >= 0.6 is 12.2 Å². The summed E-state index contributed by atoms with van der Waals surface area (Å²) < 4.78 is 15.3. The molecule has 3 rings (SSSR count). The fourth-order valence-corrected chi connectivity index (χ4v) is 3.31. The smallest absolute Gasteiger partial charge is 0.234 e. The molecule has 0 saturated carbocycles. The van der Waals surface area contributed by atoms with Gasteiger partial charge in [0.2, 0.25) is 10.7 Å². The molecule has 0 spiro atoms. The molecular formula is C20H27FN6OS. The van der Waals surface area contributed by atoms with Crippen LogP contribution < -0.4 is 5.32 Å². The molecule has 2 aromatic rings. The Morgan fingerprint density at radius 2 is 1.90 bits per heavy atom. The third-order valence-corrected chi connectivity index (χ3v) is 5.06. The zero-order valence-corrected chi connectivity index (χ0v) is 17.4. The normalized spacial score (nSPS) is 15.8. The summed E-state index contributed by atoms with van der Waals surface area (Å²) in [6.45, 7) is 7.28. The number of aromatic nitrogens is 3. The van der Waals surface area contributed by atoms with Gasteiger partial charge in [-0.05, 0) is 42.4 Å². The summed E-state index contributed by atoms with van der Waals surface area (Å²) in [6, 6.07) is 6.26. The van der Waals surface area contributed by atoms with Crippen molar-refractivity contribution in [3.05, 3.63) is 46.2 Å². The van der Waals surface area contributed by atoms with E-state index in [4.69, 9.17) is 12.2 Å². The molecule has 9 heteroatoms. The van der Waals surface area contributed by atoms with E-state index in [1.54, 1.807) is 12.1 Å². The summed E-state index contributed by atoms with van der Waals surface area (Å²) in [6.07, 6.45) is 4.64. The van der Waals surface area contributed by atoms with Crippen molar-refractivity contribution < 1.29 is 9.18 Å². The van der Waals surface area contributed by atoms with E-state index in [-0.39, 0.29) is 11.7 Å². The molecule has 1 saturated heterocycles. The molecule has 1 aliphatic rings. The van der Waals surface area contributed by atoms with Gasteiger partial charge in [0.1, 0.15) is 11.6 Å². The topological polar surface area (TPSA) is 69.2 Å². The zero-order chi connectivity index (χ0) is 20.6. The molecule has 29 heavy (non-hydrogen) atoms. The maximum Gasteiger partial charge on any atom is 0.234 e. The van der Waals surface area contributed by atoms with Gasteiger partial charge in [0.15, 0.2) is 0 Å². The lowest BCUT2D eigenvalue weighted by Gasteiger charge is -2.34. The van der Waals surface area contributed by atoms with Crippen molar-refractivity contribution in [2.24, 2.45) is 0 Å². The minimum atomic E-state index is -0.257. The number of nitrogens with one attached hydrogen (secondary N) is 2. The van der Waals surface area contributed by atoms with Crippen molar-refractivity contribution in [3.63, 3.8) is 0 Å². The van der Waals surface area contributed by atoms with Gasteiger partial charge in [-0.2, -0.15) is 4.98 Å². The van der Waals surface area contributed by atoms with E-state index < -0.39 is 0 Å². The van der Waals surface area contributed by atoms with E-state index in [9.17, 15) is 9.18 Å². The van der Waals surface area contributed by atoms with E-state index >= 15 is 0 Å². The molecule has 1 aromatic heterocycles. The fourth-order valence-electron chi connectivity index (χ4n) is 3.11. The highest BCUT2D eigenvalue weighted by Crippen LogP contribution is 2.08. The van der Waals surface area contributed by atoms with Gasteiger partial charge in [0, 0.05) is 32.7 Å². The second kappa shape index (κ2) is 10.4. The largest absolute Gasteiger partial charge is 0.355 e. The van der Waals surface area contributed by atoms with Crippen LogP contribution in [0, 0.1) is 10.6 Å². The van der Waals surface area contributed by atoms with Gasteiger partial charge < -0.3 is 5.32 Å². The minimum absolute atomic E-state index is 0.0914. The summed E-state index contributed by atoms with van der Waals surface area (Å²) in [5, 5.41) is 6.12. The van der Waals surface area contributed by atoms with Crippen LogP contribution in [0.25, 0.3) is 12.2 Å². The molecule has 0 radical (unpaired) electrons. The van der Waals surface area contributed by atoms with Gasteiger partial charge in [0.25, 0.3) is 0 Å². The highest BCUT2D eigenvalue weighted by Gasteiger charge is 2.19. The van der Waals surface area contributed by atoms with Crippen LogP contribution in [-0.4, -0.2) is 69.7 Å². The lowest BCUT2D eigenvalue weighted by atomic mass is 10.2. The standard InChI is InChI=1S/C20H27FN6OS/c1-2-9-22-19(28)14-25-10-12-26(13-11-25)15-27-20(29)23-18(24-27)8-5-16-3-6-17(21)7-4-16/h3-8H,2,9-15H2,1H3,(H,22,28)(H,23,24,29)/b8-5+. The Hall–Kier alpha value is -2.36. The Labute approximate surface area is 175 Å². The summed E-state index contributed by atoms with van der Waals surface area (Å²) in [5.41, 5.74) is 0.888. The Morgan fingerprint density at radius 3 is 2.59 bits per heavy atom. The maximum absolute atomic E-state index is 13.0. The molecular weight excluding hydrogens is 391 g/mol. The molecule has 1 fully saturated rings. The summed E-state index contributed by atoms with van der Waals surface area (Å²) in [5.74, 6) is 0.492. The Kier molecular flexibility index (Phi) is 7.68. The monoisotopic (exact) mass is 418 g/mol. The number of hydrogen-bond donors (Lipinski definition) is 2. The Bertz CT molecular complexity index is 883. The molecule has 0 atom stereocenters. The number of H-pyrrole nitrogens is 1.